The summed E-state index contributed by atoms with van der Waals surface area (Å²) < 4.78 is 27.3. The summed E-state index contributed by atoms with van der Waals surface area (Å²) in [6, 6.07) is 3.35. The molecule has 0 aliphatic carbocycles. The van der Waals surface area contributed by atoms with Gasteiger partial charge in [0.15, 0.2) is 0 Å². The van der Waals surface area contributed by atoms with Gasteiger partial charge in [0.05, 0.1) is 3.79 Å². The van der Waals surface area contributed by atoms with Gasteiger partial charge >= 0.3 is 0 Å². The number of hydrogen-bond acceptors (Lipinski definition) is 4. The Morgan fingerprint density at radius 3 is 2.88 bits per heavy atom. The molecule has 7 heteroatoms. The van der Waals surface area contributed by atoms with Gasteiger partial charge in [0, 0.05) is 19.1 Å². The van der Waals surface area contributed by atoms with E-state index in [1.54, 1.807) is 12.1 Å². The highest BCUT2D eigenvalue weighted by Gasteiger charge is 2.35. The Bertz CT molecular complexity index is 472. The predicted octanol–water partition coefficient (Wildman–Crippen LogP) is 1.62. The molecule has 0 aromatic carbocycles. The molecule has 1 aliphatic heterocycles. The molecule has 2 N–H and O–H groups in total. The van der Waals surface area contributed by atoms with E-state index in [9.17, 15) is 8.42 Å². The van der Waals surface area contributed by atoms with E-state index in [2.05, 4.69) is 15.9 Å². The van der Waals surface area contributed by atoms with Crippen LogP contribution in [0.1, 0.15) is 12.8 Å². The Morgan fingerprint density at radius 1 is 1.56 bits per heavy atom. The van der Waals surface area contributed by atoms with Crippen LogP contribution in [0.25, 0.3) is 0 Å². The number of nitrogens with two attached hydrogens (primary N) is 1. The van der Waals surface area contributed by atoms with E-state index in [0.29, 0.717) is 17.3 Å². The highest BCUT2D eigenvalue weighted by molar-refractivity contribution is 9.11. The second-order valence-electron chi connectivity index (χ2n) is 3.71. The van der Waals surface area contributed by atoms with Gasteiger partial charge in [-0.3, -0.25) is 0 Å². The zero-order chi connectivity index (χ0) is 11.8. The number of nitrogens with zero attached hydrogens (tertiary/aromatic N) is 1. The molecule has 0 saturated carbocycles. The zero-order valence-electron chi connectivity index (χ0n) is 8.60. The maximum Gasteiger partial charge on any atom is 0.252 e. The van der Waals surface area contributed by atoms with Crippen molar-refractivity contribution in [2.24, 2.45) is 5.73 Å². The fourth-order valence-corrected chi connectivity index (χ4v) is 5.76. The van der Waals surface area contributed by atoms with E-state index in [0.717, 1.165) is 16.6 Å². The van der Waals surface area contributed by atoms with Gasteiger partial charge in [-0.15, -0.1) is 11.3 Å². The molecule has 0 spiro atoms. The van der Waals surface area contributed by atoms with Gasteiger partial charge in [0.2, 0.25) is 0 Å². The summed E-state index contributed by atoms with van der Waals surface area (Å²) in [5, 5.41) is 0. The first-order valence-electron chi connectivity index (χ1n) is 5.03. The highest BCUT2D eigenvalue weighted by Crippen LogP contribution is 2.31. The SMILES string of the molecule is NC[C@@H]1CCCN1S(=O)(=O)c1ccc(Br)s1. The number of sulfonamides is 1. The monoisotopic (exact) mass is 324 g/mol. The van der Waals surface area contributed by atoms with Crippen molar-refractivity contribution in [2.45, 2.75) is 23.1 Å². The molecule has 90 valence electrons. The van der Waals surface area contributed by atoms with Crippen molar-refractivity contribution in [1.29, 1.82) is 0 Å². The average Bonchev–Trinajstić information content (AvgIpc) is 2.85. The Kier molecular flexibility index (Phi) is 3.70. The van der Waals surface area contributed by atoms with E-state index < -0.39 is 10.0 Å². The largest absolute Gasteiger partial charge is 0.329 e. The minimum absolute atomic E-state index is 0.0362. The quantitative estimate of drug-likeness (QED) is 0.919. The van der Waals surface area contributed by atoms with Crippen molar-refractivity contribution in [1.82, 2.24) is 4.31 Å². The number of rotatable bonds is 3. The van der Waals surface area contributed by atoms with Crippen LogP contribution in [0.4, 0.5) is 0 Å². The van der Waals surface area contributed by atoms with E-state index in [1.165, 1.54) is 15.6 Å². The highest BCUT2D eigenvalue weighted by atomic mass is 79.9. The number of hydrogen-bond donors (Lipinski definition) is 1. The number of halogens is 1. The molecule has 0 amide bonds. The van der Waals surface area contributed by atoms with Gasteiger partial charge in [0.1, 0.15) is 4.21 Å². The lowest BCUT2D eigenvalue weighted by Gasteiger charge is -2.21. The number of thiophene rings is 1. The summed E-state index contributed by atoms with van der Waals surface area (Å²) >= 11 is 4.52. The van der Waals surface area contributed by atoms with Crippen molar-refractivity contribution in [3.05, 3.63) is 15.9 Å². The molecule has 0 bridgehead atoms. The van der Waals surface area contributed by atoms with E-state index in [4.69, 9.17) is 5.73 Å². The third kappa shape index (κ3) is 2.19. The second-order valence-corrected chi connectivity index (χ2v) is 8.29. The van der Waals surface area contributed by atoms with Crippen LogP contribution in [0.5, 0.6) is 0 Å². The lowest BCUT2D eigenvalue weighted by molar-refractivity contribution is 0.394. The van der Waals surface area contributed by atoms with Crippen LogP contribution in [0, 0.1) is 0 Å². The minimum Gasteiger partial charge on any atom is -0.329 e. The first-order valence-corrected chi connectivity index (χ1v) is 8.08. The van der Waals surface area contributed by atoms with Gasteiger partial charge < -0.3 is 5.73 Å². The molecule has 16 heavy (non-hydrogen) atoms. The van der Waals surface area contributed by atoms with Crippen molar-refractivity contribution in [3.8, 4) is 0 Å². The molecule has 1 saturated heterocycles. The first kappa shape index (κ1) is 12.5. The lowest BCUT2D eigenvalue weighted by Crippen LogP contribution is -2.39. The molecular formula is C9H13BrN2O2S2. The van der Waals surface area contributed by atoms with Gasteiger partial charge in [-0.05, 0) is 40.9 Å². The molecule has 0 radical (unpaired) electrons. The van der Waals surface area contributed by atoms with Crippen LogP contribution in [-0.2, 0) is 10.0 Å². The van der Waals surface area contributed by atoms with Crippen molar-refractivity contribution in [2.75, 3.05) is 13.1 Å². The molecular weight excluding hydrogens is 312 g/mol. The average molecular weight is 325 g/mol. The van der Waals surface area contributed by atoms with Gasteiger partial charge in [-0.2, -0.15) is 4.31 Å². The smallest absolute Gasteiger partial charge is 0.252 e. The predicted molar refractivity (Wildman–Crippen MR) is 68.0 cm³/mol. The van der Waals surface area contributed by atoms with Crippen LogP contribution in [0.3, 0.4) is 0 Å². The Labute approximate surface area is 108 Å². The van der Waals surface area contributed by atoms with Gasteiger partial charge in [0.25, 0.3) is 10.0 Å². The molecule has 2 heterocycles. The summed E-state index contributed by atoms with van der Waals surface area (Å²) in [6.45, 7) is 0.978. The summed E-state index contributed by atoms with van der Waals surface area (Å²) in [6.07, 6.45) is 1.76. The molecule has 1 aromatic rings. The first-order chi connectivity index (χ1) is 7.55. The molecule has 1 fully saturated rings. The summed E-state index contributed by atoms with van der Waals surface area (Å²) in [4.78, 5) is 0. The van der Waals surface area contributed by atoms with Gasteiger partial charge in [-0.25, -0.2) is 8.42 Å². The molecule has 1 aliphatic rings. The van der Waals surface area contributed by atoms with E-state index in [-0.39, 0.29) is 6.04 Å². The minimum atomic E-state index is -3.34. The normalized spacial score (nSPS) is 22.8. The zero-order valence-corrected chi connectivity index (χ0v) is 11.8. The molecule has 4 nitrogen and oxygen atoms in total. The summed E-state index contributed by atoms with van der Waals surface area (Å²) in [5.41, 5.74) is 5.59. The van der Waals surface area contributed by atoms with Crippen LogP contribution >= 0.6 is 27.3 Å². The topological polar surface area (TPSA) is 63.4 Å². The van der Waals surface area contributed by atoms with Crippen molar-refractivity contribution >= 4 is 37.3 Å². The Hall–Kier alpha value is 0.0500. The van der Waals surface area contributed by atoms with Crippen LogP contribution in [-0.4, -0.2) is 31.9 Å². The van der Waals surface area contributed by atoms with Crippen LogP contribution < -0.4 is 5.73 Å². The molecule has 1 atom stereocenters. The Morgan fingerprint density at radius 2 is 2.31 bits per heavy atom. The summed E-state index contributed by atoms with van der Waals surface area (Å²) in [5.74, 6) is 0. The Balaban J connectivity index is 2.32. The molecule has 1 aromatic heterocycles. The third-order valence-electron chi connectivity index (χ3n) is 2.71. The fourth-order valence-electron chi connectivity index (χ4n) is 1.91. The third-order valence-corrected chi connectivity index (χ3v) is 6.75. The standard InChI is InChI=1S/C9H13BrN2O2S2/c10-8-3-4-9(15-8)16(13,14)12-5-1-2-7(12)6-11/h3-4,7H,1-2,5-6,11H2/t7-/m0/s1. The van der Waals surface area contributed by atoms with E-state index in [1.807, 2.05) is 0 Å². The fraction of sp³-hybridized carbons (Fsp3) is 0.556. The second kappa shape index (κ2) is 4.73. The molecule has 0 unspecified atom stereocenters. The maximum absolute atomic E-state index is 12.3. The van der Waals surface area contributed by atoms with Crippen molar-refractivity contribution < 1.29 is 8.42 Å². The maximum atomic E-state index is 12.3. The van der Waals surface area contributed by atoms with Crippen LogP contribution in [0.15, 0.2) is 20.1 Å². The summed E-state index contributed by atoms with van der Waals surface area (Å²) in [7, 11) is -3.34. The van der Waals surface area contributed by atoms with E-state index >= 15 is 0 Å². The van der Waals surface area contributed by atoms with Crippen LogP contribution in [0.2, 0.25) is 0 Å². The lowest BCUT2D eigenvalue weighted by atomic mass is 10.2. The van der Waals surface area contributed by atoms with Crippen molar-refractivity contribution in [3.63, 3.8) is 0 Å². The van der Waals surface area contributed by atoms with Gasteiger partial charge in [-0.1, -0.05) is 0 Å². The molecule has 2 rings (SSSR count).